The van der Waals surface area contributed by atoms with E-state index < -0.39 is 17.7 Å². The van der Waals surface area contributed by atoms with Gasteiger partial charge in [0.15, 0.2) is 5.78 Å². The van der Waals surface area contributed by atoms with Crippen LogP contribution in [0.3, 0.4) is 0 Å². The molecule has 1 heterocycles. The van der Waals surface area contributed by atoms with E-state index in [4.69, 9.17) is 4.74 Å². The number of anilines is 1. The Labute approximate surface area is 143 Å². The predicted molar refractivity (Wildman–Crippen MR) is 87.8 cm³/mol. The maximum atomic E-state index is 12.9. The number of ether oxygens (including phenoxy) is 1. The van der Waals surface area contributed by atoms with E-state index in [-0.39, 0.29) is 36.6 Å². The number of amides is 1. The number of Topliss-reactive ketones (excluding diaryl/α,β-unsaturated/α-hetero) is 1. The number of esters is 1. The lowest BCUT2D eigenvalue weighted by atomic mass is 10.1. The molecule has 2 rings (SSSR count). The normalized spacial score (nSPS) is 10.4. The molecule has 0 aliphatic rings. The highest BCUT2D eigenvalue weighted by Gasteiger charge is 2.19. The van der Waals surface area contributed by atoms with Crippen molar-refractivity contribution in [1.29, 1.82) is 0 Å². The van der Waals surface area contributed by atoms with Gasteiger partial charge in [-0.15, -0.1) is 0 Å². The van der Waals surface area contributed by atoms with Gasteiger partial charge in [-0.3, -0.25) is 14.3 Å². The van der Waals surface area contributed by atoms with E-state index in [1.54, 1.807) is 14.0 Å². The Kier molecular flexibility index (Phi) is 5.99. The van der Waals surface area contributed by atoms with Crippen LogP contribution in [0.1, 0.15) is 40.5 Å². The Morgan fingerprint density at radius 2 is 1.88 bits per heavy atom. The van der Waals surface area contributed by atoms with Gasteiger partial charge in [-0.25, -0.2) is 9.18 Å². The first kappa shape index (κ1) is 18.3. The van der Waals surface area contributed by atoms with Crippen LogP contribution in [-0.4, -0.2) is 34.0 Å². The molecule has 0 radical (unpaired) electrons. The van der Waals surface area contributed by atoms with Crippen molar-refractivity contribution in [3.8, 4) is 0 Å². The summed E-state index contributed by atoms with van der Waals surface area (Å²) in [6, 6.07) is 5.12. The third kappa shape index (κ3) is 4.72. The largest absolute Gasteiger partial charge is 0.462 e. The van der Waals surface area contributed by atoms with Gasteiger partial charge in [-0.05, 0) is 31.2 Å². The lowest BCUT2D eigenvalue weighted by molar-refractivity contribution is -0.116. The quantitative estimate of drug-likeness (QED) is 0.613. The minimum atomic E-state index is -0.590. The van der Waals surface area contributed by atoms with Crippen LogP contribution in [0.15, 0.2) is 30.5 Å². The van der Waals surface area contributed by atoms with Crippen LogP contribution in [0.2, 0.25) is 0 Å². The number of ketones is 1. The molecule has 1 aromatic heterocycles. The molecule has 0 atom stereocenters. The Hall–Kier alpha value is -3.03. The molecule has 1 aromatic carbocycles. The second-order valence-corrected chi connectivity index (χ2v) is 5.23. The number of hydrogen-bond acceptors (Lipinski definition) is 5. The second kappa shape index (κ2) is 8.18. The van der Waals surface area contributed by atoms with Gasteiger partial charge in [0, 0.05) is 25.5 Å². The lowest BCUT2D eigenvalue weighted by Crippen LogP contribution is -2.18. The highest BCUT2D eigenvalue weighted by atomic mass is 19.1. The van der Waals surface area contributed by atoms with Crippen molar-refractivity contribution in [2.24, 2.45) is 7.05 Å². The van der Waals surface area contributed by atoms with E-state index in [1.165, 1.54) is 35.1 Å². The van der Waals surface area contributed by atoms with Gasteiger partial charge in [0.2, 0.25) is 5.91 Å². The van der Waals surface area contributed by atoms with Crippen molar-refractivity contribution in [1.82, 2.24) is 9.78 Å². The van der Waals surface area contributed by atoms with E-state index >= 15 is 0 Å². The molecule has 0 fully saturated rings. The molecule has 2 aromatic rings. The molecule has 0 unspecified atom stereocenters. The molecule has 1 amide bonds. The molecule has 0 saturated heterocycles. The maximum Gasteiger partial charge on any atom is 0.343 e. The molecule has 0 aliphatic carbocycles. The van der Waals surface area contributed by atoms with Gasteiger partial charge in [0.1, 0.15) is 17.2 Å². The molecule has 8 heteroatoms. The molecule has 132 valence electrons. The zero-order chi connectivity index (χ0) is 18.4. The summed E-state index contributed by atoms with van der Waals surface area (Å²) in [4.78, 5) is 35.9. The fourth-order valence-corrected chi connectivity index (χ4v) is 2.15. The van der Waals surface area contributed by atoms with Crippen LogP contribution in [0.25, 0.3) is 0 Å². The molecular weight excluding hydrogens is 329 g/mol. The van der Waals surface area contributed by atoms with E-state index in [1.807, 2.05) is 0 Å². The summed E-state index contributed by atoms with van der Waals surface area (Å²) >= 11 is 0. The molecule has 25 heavy (non-hydrogen) atoms. The zero-order valence-corrected chi connectivity index (χ0v) is 13.9. The van der Waals surface area contributed by atoms with Gasteiger partial charge in [0.25, 0.3) is 0 Å². The van der Waals surface area contributed by atoms with Crippen LogP contribution in [-0.2, 0) is 16.6 Å². The fourth-order valence-electron chi connectivity index (χ4n) is 2.15. The zero-order valence-electron chi connectivity index (χ0n) is 13.9. The average Bonchev–Trinajstić information content (AvgIpc) is 2.94. The summed E-state index contributed by atoms with van der Waals surface area (Å²) in [5.74, 6) is -1.53. The van der Waals surface area contributed by atoms with Crippen molar-refractivity contribution in [3.05, 3.63) is 47.4 Å². The van der Waals surface area contributed by atoms with E-state index in [0.717, 1.165) is 0 Å². The molecule has 7 nitrogen and oxygen atoms in total. The Morgan fingerprint density at radius 3 is 2.52 bits per heavy atom. The highest BCUT2D eigenvalue weighted by Crippen LogP contribution is 2.16. The summed E-state index contributed by atoms with van der Waals surface area (Å²) in [6.07, 6.45) is 1.19. The first-order valence-corrected chi connectivity index (χ1v) is 7.70. The van der Waals surface area contributed by atoms with Gasteiger partial charge < -0.3 is 10.1 Å². The third-order valence-corrected chi connectivity index (χ3v) is 3.44. The Balaban J connectivity index is 1.96. The van der Waals surface area contributed by atoms with Crippen molar-refractivity contribution >= 4 is 23.5 Å². The van der Waals surface area contributed by atoms with Crippen molar-refractivity contribution in [2.45, 2.75) is 19.8 Å². The second-order valence-electron chi connectivity index (χ2n) is 5.23. The first-order chi connectivity index (χ1) is 11.9. The summed E-state index contributed by atoms with van der Waals surface area (Å²) in [7, 11) is 1.57. The minimum Gasteiger partial charge on any atom is -0.462 e. The Bertz CT molecular complexity index is 784. The number of hydrogen-bond donors (Lipinski definition) is 1. The maximum absolute atomic E-state index is 12.9. The van der Waals surface area contributed by atoms with E-state index in [2.05, 4.69) is 10.4 Å². The molecule has 0 bridgehead atoms. The van der Waals surface area contributed by atoms with Gasteiger partial charge >= 0.3 is 5.97 Å². The summed E-state index contributed by atoms with van der Waals surface area (Å²) in [6.45, 7) is 1.88. The standard InChI is InChI=1S/C17H18FN3O4/c1-3-25-17(24)13-10-19-21(2)16(13)20-15(23)9-8-14(22)11-4-6-12(18)7-5-11/h4-7,10H,3,8-9H2,1-2H3,(H,20,23). The van der Waals surface area contributed by atoms with Crippen LogP contribution in [0.4, 0.5) is 10.2 Å². The average molecular weight is 347 g/mol. The van der Waals surface area contributed by atoms with Crippen LogP contribution in [0, 0.1) is 5.82 Å². The van der Waals surface area contributed by atoms with E-state index in [9.17, 15) is 18.8 Å². The lowest BCUT2D eigenvalue weighted by Gasteiger charge is -2.08. The minimum absolute atomic E-state index is 0.0376. The number of benzene rings is 1. The number of carbonyl (C=O) groups excluding carboxylic acids is 3. The van der Waals surface area contributed by atoms with Crippen molar-refractivity contribution in [2.75, 3.05) is 11.9 Å². The predicted octanol–water partition coefficient (Wildman–Crippen LogP) is 2.34. The molecule has 0 spiro atoms. The monoisotopic (exact) mass is 347 g/mol. The van der Waals surface area contributed by atoms with Gasteiger partial charge in [-0.1, -0.05) is 0 Å². The van der Waals surface area contributed by atoms with E-state index in [0.29, 0.717) is 5.56 Å². The highest BCUT2D eigenvalue weighted by molar-refractivity contribution is 6.02. The number of nitrogens with one attached hydrogen (secondary N) is 1. The number of aromatic nitrogens is 2. The first-order valence-electron chi connectivity index (χ1n) is 7.70. The number of rotatable bonds is 7. The molecular formula is C17H18FN3O4. The van der Waals surface area contributed by atoms with Crippen LogP contribution in [0.5, 0.6) is 0 Å². The number of halogens is 1. The molecule has 0 saturated carbocycles. The molecule has 1 N–H and O–H groups in total. The number of nitrogens with zero attached hydrogens (tertiary/aromatic N) is 2. The van der Waals surface area contributed by atoms with Crippen LogP contribution >= 0.6 is 0 Å². The summed E-state index contributed by atoms with van der Waals surface area (Å²) in [5, 5.41) is 6.49. The summed E-state index contributed by atoms with van der Waals surface area (Å²) in [5.41, 5.74) is 0.476. The van der Waals surface area contributed by atoms with Gasteiger partial charge in [-0.2, -0.15) is 5.10 Å². The number of aryl methyl sites for hydroxylation is 1. The fraction of sp³-hybridized carbons (Fsp3) is 0.294. The Morgan fingerprint density at radius 1 is 1.20 bits per heavy atom. The molecule has 0 aliphatic heterocycles. The SMILES string of the molecule is CCOC(=O)c1cnn(C)c1NC(=O)CCC(=O)c1ccc(F)cc1. The summed E-state index contributed by atoms with van der Waals surface area (Å²) < 4.78 is 19.1. The number of carbonyl (C=O) groups is 3. The van der Waals surface area contributed by atoms with Gasteiger partial charge in [0.05, 0.1) is 12.8 Å². The third-order valence-electron chi connectivity index (χ3n) is 3.44. The van der Waals surface area contributed by atoms with Crippen molar-refractivity contribution < 1.29 is 23.5 Å². The van der Waals surface area contributed by atoms with Crippen molar-refractivity contribution in [3.63, 3.8) is 0 Å². The van der Waals surface area contributed by atoms with Crippen LogP contribution < -0.4 is 5.32 Å². The smallest absolute Gasteiger partial charge is 0.343 e. The topological polar surface area (TPSA) is 90.3 Å².